The molecule has 0 radical (unpaired) electrons. The third kappa shape index (κ3) is 7.49. The average molecular weight is 476 g/mol. The molecule has 0 bridgehead atoms. The third-order valence-electron chi connectivity index (χ3n) is 6.17. The van der Waals surface area contributed by atoms with Crippen molar-refractivity contribution in [1.29, 1.82) is 0 Å². The Morgan fingerprint density at radius 3 is 2.45 bits per heavy atom. The van der Waals surface area contributed by atoms with Crippen molar-refractivity contribution < 1.29 is 13.9 Å². The Kier molecular flexibility index (Phi) is 12.6. The minimum atomic E-state index is -0.358. The summed E-state index contributed by atoms with van der Waals surface area (Å²) >= 11 is 1.75. The summed E-state index contributed by atoms with van der Waals surface area (Å²) in [5, 5.41) is 3.06. The standard InChI is InChI=1S/C24H30FNO2.C2H6S.C2H6/c1-6-17-13-22(23(25)11-14(17)2)16(4)26-24(27)21-9-7-18-12-19(28-5)8-10-20(18)15(21)3;1-3-2;1-2/h8,10-13,15-16,21H,6-7,9H2,1-5H3,(H,26,27);1-2H3;1-2H3. The molecule has 1 aliphatic carbocycles. The van der Waals surface area contributed by atoms with Crippen LogP contribution in [0.4, 0.5) is 4.39 Å². The molecule has 0 fully saturated rings. The number of hydrogen-bond acceptors (Lipinski definition) is 3. The van der Waals surface area contributed by atoms with Gasteiger partial charge in [-0.15, -0.1) is 0 Å². The van der Waals surface area contributed by atoms with Gasteiger partial charge in [0, 0.05) is 11.5 Å². The van der Waals surface area contributed by atoms with Crippen LogP contribution in [0.15, 0.2) is 30.3 Å². The number of thioether (sulfide) groups is 1. The number of carbonyl (C=O) groups is 1. The zero-order chi connectivity index (χ0) is 25.1. The Balaban J connectivity index is 0.00000101. The van der Waals surface area contributed by atoms with E-state index in [0.717, 1.165) is 36.1 Å². The molecule has 2 aromatic rings. The SMILES string of the molecule is CC.CCc1cc(C(C)NC(=O)C2CCc3cc(OC)ccc3C2C)c(F)cc1C.CSC. The van der Waals surface area contributed by atoms with Crippen LogP contribution in [0.3, 0.4) is 0 Å². The number of rotatable bonds is 5. The Morgan fingerprint density at radius 2 is 1.88 bits per heavy atom. The second-order valence-corrected chi connectivity index (χ2v) is 9.11. The van der Waals surface area contributed by atoms with E-state index in [1.165, 1.54) is 11.1 Å². The highest BCUT2D eigenvalue weighted by atomic mass is 32.2. The monoisotopic (exact) mass is 475 g/mol. The van der Waals surface area contributed by atoms with E-state index in [9.17, 15) is 9.18 Å². The molecule has 33 heavy (non-hydrogen) atoms. The van der Waals surface area contributed by atoms with Gasteiger partial charge in [-0.2, -0.15) is 11.8 Å². The van der Waals surface area contributed by atoms with Crippen LogP contribution in [0.5, 0.6) is 5.75 Å². The summed E-state index contributed by atoms with van der Waals surface area (Å²) in [5.41, 5.74) is 5.08. The van der Waals surface area contributed by atoms with Crippen molar-refractivity contribution in [1.82, 2.24) is 5.32 Å². The van der Waals surface area contributed by atoms with Gasteiger partial charge in [-0.1, -0.05) is 39.8 Å². The lowest BCUT2D eigenvalue weighted by Crippen LogP contribution is -2.37. The van der Waals surface area contributed by atoms with Crippen molar-refractivity contribution in [2.75, 3.05) is 19.6 Å². The molecule has 0 aromatic heterocycles. The van der Waals surface area contributed by atoms with Crippen molar-refractivity contribution in [3.63, 3.8) is 0 Å². The number of nitrogens with one attached hydrogen (secondary N) is 1. The van der Waals surface area contributed by atoms with E-state index in [0.29, 0.717) is 5.56 Å². The van der Waals surface area contributed by atoms with Crippen LogP contribution in [-0.4, -0.2) is 25.5 Å². The van der Waals surface area contributed by atoms with Crippen LogP contribution in [0.25, 0.3) is 0 Å². The van der Waals surface area contributed by atoms with Crippen LogP contribution in [0.2, 0.25) is 0 Å². The fraction of sp³-hybridized carbons (Fsp3) is 0.536. The minimum Gasteiger partial charge on any atom is -0.497 e. The Bertz CT molecular complexity index is 900. The number of methoxy groups -OCH3 is 1. The number of fused-ring (bicyclic) bond motifs is 1. The molecule has 3 nitrogen and oxygen atoms in total. The molecule has 0 saturated heterocycles. The molecule has 0 spiro atoms. The molecule has 2 aromatic carbocycles. The first-order valence-electron chi connectivity index (χ1n) is 11.9. The molecule has 3 rings (SSSR count). The normalized spacial score (nSPS) is 17.4. The summed E-state index contributed by atoms with van der Waals surface area (Å²) in [6.45, 7) is 11.9. The number of aryl methyl sites for hydroxylation is 3. The van der Waals surface area contributed by atoms with Gasteiger partial charge < -0.3 is 10.1 Å². The number of ether oxygens (including phenoxy) is 1. The first-order valence-corrected chi connectivity index (χ1v) is 13.6. The quantitative estimate of drug-likeness (QED) is 0.495. The summed E-state index contributed by atoms with van der Waals surface area (Å²) in [6, 6.07) is 9.19. The number of benzene rings is 2. The van der Waals surface area contributed by atoms with Crippen LogP contribution < -0.4 is 10.1 Å². The van der Waals surface area contributed by atoms with Gasteiger partial charge in [0.15, 0.2) is 0 Å². The lowest BCUT2D eigenvalue weighted by atomic mass is 9.75. The van der Waals surface area contributed by atoms with Gasteiger partial charge in [-0.3, -0.25) is 4.79 Å². The van der Waals surface area contributed by atoms with Gasteiger partial charge in [0.25, 0.3) is 0 Å². The minimum absolute atomic E-state index is 0.000471. The van der Waals surface area contributed by atoms with Crippen molar-refractivity contribution in [3.8, 4) is 5.75 Å². The van der Waals surface area contributed by atoms with Crippen LogP contribution in [0.1, 0.15) is 80.8 Å². The number of carbonyl (C=O) groups excluding carboxylic acids is 1. The highest BCUT2D eigenvalue weighted by Gasteiger charge is 2.32. The van der Waals surface area contributed by atoms with E-state index < -0.39 is 0 Å². The van der Waals surface area contributed by atoms with E-state index in [2.05, 4.69) is 31.3 Å². The fourth-order valence-electron chi connectivity index (χ4n) is 4.35. The van der Waals surface area contributed by atoms with Gasteiger partial charge in [0.1, 0.15) is 11.6 Å². The Morgan fingerprint density at radius 1 is 1.24 bits per heavy atom. The molecule has 184 valence electrons. The molecular weight excluding hydrogens is 433 g/mol. The highest BCUT2D eigenvalue weighted by Crippen LogP contribution is 2.38. The maximum absolute atomic E-state index is 14.5. The van der Waals surface area contributed by atoms with Crippen molar-refractivity contribution in [2.24, 2.45) is 5.92 Å². The summed E-state index contributed by atoms with van der Waals surface area (Å²) in [7, 11) is 1.67. The molecule has 0 aliphatic heterocycles. The van der Waals surface area contributed by atoms with Crippen molar-refractivity contribution in [2.45, 2.75) is 72.8 Å². The predicted molar refractivity (Wildman–Crippen MR) is 141 cm³/mol. The summed E-state index contributed by atoms with van der Waals surface area (Å²) in [5.74, 6) is 0.610. The van der Waals surface area contributed by atoms with E-state index in [1.54, 1.807) is 24.9 Å². The molecule has 3 unspecified atom stereocenters. The lowest BCUT2D eigenvalue weighted by Gasteiger charge is -2.31. The van der Waals surface area contributed by atoms with E-state index >= 15 is 0 Å². The highest BCUT2D eigenvalue weighted by molar-refractivity contribution is 7.97. The van der Waals surface area contributed by atoms with Crippen LogP contribution >= 0.6 is 11.8 Å². The summed E-state index contributed by atoms with van der Waals surface area (Å²) in [4.78, 5) is 13.0. The third-order valence-corrected chi connectivity index (χ3v) is 6.17. The first kappa shape index (κ1) is 29.0. The van der Waals surface area contributed by atoms with E-state index in [-0.39, 0.29) is 29.6 Å². The number of halogens is 1. The zero-order valence-corrected chi connectivity index (χ0v) is 22.7. The Labute approximate surface area is 204 Å². The lowest BCUT2D eigenvalue weighted by molar-refractivity contribution is -0.126. The molecule has 3 atom stereocenters. The second-order valence-electron chi connectivity index (χ2n) is 8.29. The predicted octanol–water partition coefficient (Wildman–Crippen LogP) is 7.25. The molecule has 1 amide bonds. The number of amides is 1. The van der Waals surface area contributed by atoms with Gasteiger partial charge in [0.05, 0.1) is 13.2 Å². The number of hydrogen-bond donors (Lipinski definition) is 1. The van der Waals surface area contributed by atoms with Gasteiger partial charge in [-0.25, -0.2) is 4.39 Å². The van der Waals surface area contributed by atoms with Gasteiger partial charge >= 0.3 is 0 Å². The van der Waals surface area contributed by atoms with Crippen molar-refractivity contribution >= 4 is 17.7 Å². The van der Waals surface area contributed by atoms with Gasteiger partial charge in [0.2, 0.25) is 5.91 Å². The smallest absolute Gasteiger partial charge is 0.224 e. The average Bonchev–Trinajstić information content (AvgIpc) is 2.80. The van der Waals surface area contributed by atoms with Gasteiger partial charge in [-0.05, 0) is 92.0 Å². The maximum Gasteiger partial charge on any atom is 0.224 e. The van der Waals surface area contributed by atoms with Crippen molar-refractivity contribution in [3.05, 3.63) is 64.0 Å². The molecule has 1 aliphatic rings. The first-order chi connectivity index (χ1) is 15.8. The van der Waals surface area contributed by atoms with Crippen LogP contribution in [0, 0.1) is 18.7 Å². The zero-order valence-electron chi connectivity index (χ0n) is 21.8. The molecule has 1 N–H and O–H groups in total. The topological polar surface area (TPSA) is 38.3 Å². The maximum atomic E-state index is 14.5. The fourth-order valence-corrected chi connectivity index (χ4v) is 4.35. The molecular formula is C28H42FNO2S. The molecule has 0 heterocycles. The Hall–Kier alpha value is -2.01. The summed E-state index contributed by atoms with van der Waals surface area (Å²) < 4.78 is 19.8. The second kappa shape index (κ2) is 14.3. The molecule has 5 heteroatoms. The van der Waals surface area contributed by atoms with E-state index in [4.69, 9.17) is 4.74 Å². The summed E-state index contributed by atoms with van der Waals surface area (Å²) in [6.07, 6.45) is 6.57. The molecule has 0 saturated carbocycles. The largest absolute Gasteiger partial charge is 0.497 e. The van der Waals surface area contributed by atoms with Crippen LogP contribution in [-0.2, 0) is 17.6 Å². The van der Waals surface area contributed by atoms with E-state index in [1.807, 2.05) is 52.3 Å².